The third-order valence-electron chi connectivity index (χ3n) is 5.74. The van der Waals surface area contributed by atoms with Crippen LogP contribution in [0.5, 0.6) is 5.75 Å². The minimum absolute atomic E-state index is 0.118. The molecular formula is C24H32N2O2. The number of nitrogens with one attached hydrogen (secondary N) is 1. The lowest BCUT2D eigenvalue weighted by Crippen LogP contribution is -2.42. The number of benzene rings is 2. The topological polar surface area (TPSA) is 41.6 Å². The SMILES string of the molecule is COc1ccc(C(CNC(=O)CCc2ccccc2)N2CCC(C)CC2)cc1. The molecule has 0 aliphatic carbocycles. The third-order valence-corrected chi connectivity index (χ3v) is 5.74. The molecule has 1 fully saturated rings. The van der Waals surface area contributed by atoms with Gasteiger partial charge < -0.3 is 10.1 Å². The summed E-state index contributed by atoms with van der Waals surface area (Å²) in [6.45, 7) is 5.13. The molecule has 4 nitrogen and oxygen atoms in total. The molecule has 1 unspecified atom stereocenters. The molecule has 1 heterocycles. The molecule has 2 aromatic carbocycles. The van der Waals surface area contributed by atoms with Gasteiger partial charge in [-0.15, -0.1) is 0 Å². The van der Waals surface area contributed by atoms with Crippen LogP contribution in [0, 0.1) is 5.92 Å². The molecule has 0 spiro atoms. The van der Waals surface area contributed by atoms with Crippen LogP contribution in [-0.4, -0.2) is 37.6 Å². The van der Waals surface area contributed by atoms with Crippen molar-refractivity contribution in [1.29, 1.82) is 0 Å². The molecule has 0 radical (unpaired) electrons. The summed E-state index contributed by atoms with van der Waals surface area (Å²) in [5, 5.41) is 3.18. The highest BCUT2D eigenvalue weighted by molar-refractivity contribution is 5.76. The molecule has 28 heavy (non-hydrogen) atoms. The number of hydrogen-bond acceptors (Lipinski definition) is 3. The van der Waals surface area contributed by atoms with Crippen molar-refractivity contribution in [1.82, 2.24) is 10.2 Å². The number of methoxy groups -OCH3 is 1. The number of piperidine rings is 1. The average Bonchev–Trinajstić information content (AvgIpc) is 2.75. The van der Waals surface area contributed by atoms with Crippen molar-refractivity contribution in [3.8, 4) is 5.75 Å². The smallest absolute Gasteiger partial charge is 0.220 e. The quantitative estimate of drug-likeness (QED) is 0.746. The predicted molar refractivity (Wildman–Crippen MR) is 113 cm³/mol. The molecule has 4 heteroatoms. The van der Waals surface area contributed by atoms with Crippen LogP contribution in [0.4, 0.5) is 0 Å². The monoisotopic (exact) mass is 380 g/mol. The standard InChI is InChI=1S/C24H32N2O2/c1-19-14-16-26(17-15-19)23(21-9-11-22(28-2)12-10-21)18-25-24(27)13-8-20-6-4-3-5-7-20/h3-7,9-12,19,23H,8,13-18H2,1-2H3,(H,25,27). The van der Waals surface area contributed by atoms with Crippen molar-refractivity contribution in [2.24, 2.45) is 5.92 Å². The molecule has 1 atom stereocenters. The Kier molecular flexibility index (Phi) is 7.49. The minimum Gasteiger partial charge on any atom is -0.497 e. The average molecular weight is 381 g/mol. The minimum atomic E-state index is 0.118. The first-order valence-corrected chi connectivity index (χ1v) is 10.3. The van der Waals surface area contributed by atoms with Gasteiger partial charge in [-0.25, -0.2) is 0 Å². The summed E-state index contributed by atoms with van der Waals surface area (Å²) in [6, 6.07) is 18.6. The second-order valence-corrected chi connectivity index (χ2v) is 7.80. The number of hydrogen-bond donors (Lipinski definition) is 1. The summed E-state index contributed by atoms with van der Waals surface area (Å²) < 4.78 is 5.30. The van der Waals surface area contributed by atoms with Crippen LogP contribution in [0.3, 0.4) is 0 Å². The number of ether oxygens (including phenoxy) is 1. The second kappa shape index (κ2) is 10.3. The van der Waals surface area contributed by atoms with E-state index in [1.807, 2.05) is 30.3 Å². The number of amides is 1. The van der Waals surface area contributed by atoms with E-state index >= 15 is 0 Å². The van der Waals surface area contributed by atoms with Gasteiger partial charge in [-0.1, -0.05) is 49.4 Å². The molecule has 0 bridgehead atoms. The van der Waals surface area contributed by atoms with Gasteiger partial charge in [0.05, 0.1) is 13.2 Å². The fraction of sp³-hybridized carbons (Fsp3) is 0.458. The van der Waals surface area contributed by atoms with Gasteiger partial charge in [-0.05, 0) is 61.5 Å². The summed E-state index contributed by atoms with van der Waals surface area (Å²) in [4.78, 5) is 15.0. The van der Waals surface area contributed by atoms with Crippen LogP contribution >= 0.6 is 0 Å². The fourth-order valence-corrected chi connectivity index (χ4v) is 3.83. The maximum Gasteiger partial charge on any atom is 0.220 e. The molecule has 150 valence electrons. The summed E-state index contributed by atoms with van der Waals surface area (Å²) in [5.74, 6) is 1.77. The Hall–Kier alpha value is -2.33. The van der Waals surface area contributed by atoms with E-state index in [9.17, 15) is 4.79 Å². The summed E-state index contributed by atoms with van der Waals surface area (Å²) >= 11 is 0. The molecule has 1 N–H and O–H groups in total. The first-order chi connectivity index (χ1) is 13.7. The first kappa shape index (κ1) is 20.4. The molecule has 1 amide bonds. The van der Waals surface area contributed by atoms with Crippen molar-refractivity contribution in [2.45, 2.75) is 38.6 Å². The van der Waals surface area contributed by atoms with Crippen LogP contribution in [0.2, 0.25) is 0 Å². The largest absolute Gasteiger partial charge is 0.497 e. The van der Waals surface area contributed by atoms with Crippen LogP contribution < -0.4 is 10.1 Å². The Morgan fingerprint density at radius 2 is 1.79 bits per heavy atom. The lowest BCUT2D eigenvalue weighted by atomic mass is 9.95. The van der Waals surface area contributed by atoms with Gasteiger partial charge in [0.15, 0.2) is 0 Å². The number of rotatable bonds is 8. The number of nitrogens with zero attached hydrogens (tertiary/aromatic N) is 1. The normalized spacial score (nSPS) is 16.5. The highest BCUT2D eigenvalue weighted by Gasteiger charge is 2.25. The second-order valence-electron chi connectivity index (χ2n) is 7.80. The molecule has 1 saturated heterocycles. The molecule has 3 rings (SSSR count). The maximum atomic E-state index is 12.4. The third kappa shape index (κ3) is 5.83. The summed E-state index contributed by atoms with van der Waals surface area (Å²) in [6.07, 6.45) is 3.74. The predicted octanol–water partition coefficient (Wildman–Crippen LogP) is 4.22. The van der Waals surface area contributed by atoms with E-state index in [0.717, 1.165) is 31.2 Å². The van der Waals surface area contributed by atoms with Crippen molar-refractivity contribution < 1.29 is 9.53 Å². The van der Waals surface area contributed by atoms with E-state index in [4.69, 9.17) is 4.74 Å². The number of carbonyl (C=O) groups is 1. The fourth-order valence-electron chi connectivity index (χ4n) is 3.83. The molecule has 0 saturated carbocycles. The van der Waals surface area contributed by atoms with E-state index in [0.29, 0.717) is 13.0 Å². The van der Waals surface area contributed by atoms with Crippen molar-refractivity contribution in [2.75, 3.05) is 26.7 Å². The van der Waals surface area contributed by atoms with E-state index < -0.39 is 0 Å². The van der Waals surface area contributed by atoms with Crippen LogP contribution in [-0.2, 0) is 11.2 Å². The van der Waals surface area contributed by atoms with Gasteiger partial charge in [0.1, 0.15) is 5.75 Å². The van der Waals surface area contributed by atoms with Gasteiger partial charge in [0.25, 0.3) is 0 Å². The number of carbonyl (C=O) groups excluding carboxylic acids is 1. The molecule has 1 aliphatic rings. The lowest BCUT2D eigenvalue weighted by Gasteiger charge is -2.37. The van der Waals surface area contributed by atoms with Gasteiger partial charge in [0, 0.05) is 13.0 Å². The lowest BCUT2D eigenvalue weighted by molar-refractivity contribution is -0.121. The first-order valence-electron chi connectivity index (χ1n) is 10.3. The molecule has 2 aromatic rings. The van der Waals surface area contributed by atoms with Crippen molar-refractivity contribution in [3.05, 3.63) is 65.7 Å². The van der Waals surface area contributed by atoms with E-state index in [2.05, 4.69) is 41.4 Å². The highest BCUT2D eigenvalue weighted by Crippen LogP contribution is 2.27. The zero-order valence-corrected chi connectivity index (χ0v) is 17.1. The Bertz CT molecular complexity index is 722. The van der Waals surface area contributed by atoms with Gasteiger partial charge in [-0.3, -0.25) is 9.69 Å². The number of likely N-dealkylation sites (tertiary alicyclic amines) is 1. The van der Waals surface area contributed by atoms with Gasteiger partial charge in [-0.2, -0.15) is 0 Å². The molecule has 0 aromatic heterocycles. The summed E-state index contributed by atoms with van der Waals surface area (Å²) in [5.41, 5.74) is 2.44. The van der Waals surface area contributed by atoms with E-state index in [-0.39, 0.29) is 11.9 Å². The zero-order chi connectivity index (χ0) is 19.8. The number of aryl methyl sites for hydroxylation is 1. The Balaban J connectivity index is 1.60. The van der Waals surface area contributed by atoms with Crippen molar-refractivity contribution >= 4 is 5.91 Å². The van der Waals surface area contributed by atoms with Crippen LogP contribution in [0.15, 0.2) is 54.6 Å². The molecular weight excluding hydrogens is 348 g/mol. The van der Waals surface area contributed by atoms with Gasteiger partial charge in [0.2, 0.25) is 5.91 Å². The zero-order valence-electron chi connectivity index (χ0n) is 17.1. The van der Waals surface area contributed by atoms with Crippen LogP contribution in [0.1, 0.15) is 43.4 Å². The highest BCUT2D eigenvalue weighted by atomic mass is 16.5. The van der Waals surface area contributed by atoms with E-state index in [1.54, 1.807) is 7.11 Å². The Labute approximate surface area is 168 Å². The van der Waals surface area contributed by atoms with E-state index in [1.165, 1.54) is 24.0 Å². The maximum absolute atomic E-state index is 12.4. The molecule has 1 aliphatic heterocycles. The van der Waals surface area contributed by atoms with Gasteiger partial charge >= 0.3 is 0 Å². The van der Waals surface area contributed by atoms with Crippen LogP contribution in [0.25, 0.3) is 0 Å². The van der Waals surface area contributed by atoms with Crippen molar-refractivity contribution in [3.63, 3.8) is 0 Å². The Morgan fingerprint density at radius 1 is 1.11 bits per heavy atom. The summed E-state index contributed by atoms with van der Waals surface area (Å²) in [7, 11) is 1.69. The Morgan fingerprint density at radius 3 is 2.43 bits per heavy atom.